The summed E-state index contributed by atoms with van der Waals surface area (Å²) in [4.78, 5) is 27.4. The monoisotopic (exact) mass is 414 g/mol. The van der Waals surface area contributed by atoms with Crippen LogP contribution in [-0.2, 0) is 0 Å². The zero-order valence-electron chi connectivity index (χ0n) is 16.5. The summed E-state index contributed by atoms with van der Waals surface area (Å²) in [6, 6.07) is 6.17. The molecular formula is C20H22N4O2S2. The number of Topliss-reactive ketones (excluding diaryl/α,β-unsaturated/α-hetero) is 2. The molecule has 0 aliphatic carbocycles. The number of carbonyl (C=O) groups excluding carboxylic acids is 2. The smallest absolute Gasteiger partial charge is 0.210 e. The molecule has 0 spiro atoms. The van der Waals surface area contributed by atoms with Crippen molar-refractivity contribution in [1.29, 1.82) is 0 Å². The lowest BCUT2D eigenvalue weighted by atomic mass is 10.1. The lowest BCUT2D eigenvalue weighted by Gasteiger charge is -2.06. The Balaban J connectivity index is 1.65. The molecule has 28 heavy (non-hydrogen) atoms. The van der Waals surface area contributed by atoms with Gasteiger partial charge in [0.2, 0.25) is 5.13 Å². The molecule has 0 amide bonds. The Morgan fingerprint density at radius 3 is 2.57 bits per heavy atom. The van der Waals surface area contributed by atoms with Gasteiger partial charge in [-0.2, -0.15) is 0 Å². The predicted octanol–water partition coefficient (Wildman–Crippen LogP) is 5.02. The van der Waals surface area contributed by atoms with E-state index in [1.54, 1.807) is 6.92 Å². The molecule has 8 heteroatoms. The van der Waals surface area contributed by atoms with E-state index < -0.39 is 0 Å². The Bertz CT molecular complexity index is 1050. The van der Waals surface area contributed by atoms with Crippen molar-refractivity contribution < 1.29 is 9.59 Å². The van der Waals surface area contributed by atoms with Crippen LogP contribution in [0.2, 0.25) is 0 Å². The van der Waals surface area contributed by atoms with Gasteiger partial charge in [-0.3, -0.25) is 9.59 Å². The average Bonchev–Trinajstić information content (AvgIpc) is 3.19. The first kappa shape index (κ1) is 20.3. The standard InChI is InChI=1S/C20H22N4O2S2/c1-10-6-7-15(11(2)8-10)22-19-23-24-20(28-19)27-9-16(26)18-12(3)17(14(5)25)13(4)21-18/h6-8,21H,9H2,1-5H3,(H,22,23). The maximum absolute atomic E-state index is 12.6. The van der Waals surface area contributed by atoms with Crippen molar-refractivity contribution in [3.63, 3.8) is 0 Å². The average molecular weight is 415 g/mol. The summed E-state index contributed by atoms with van der Waals surface area (Å²) in [5.41, 5.74) is 5.87. The Morgan fingerprint density at radius 2 is 1.93 bits per heavy atom. The van der Waals surface area contributed by atoms with Crippen LogP contribution in [-0.4, -0.2) is 32.5 Å². The zero-order chi connectivity index (χ0) is 20.4. The van der Waals surface area contributed by atoms with E-state index in [1.807, 2.05) is 26.0 Å². The first-order valence-corrected chi connectivity index (χ1v) is 10.6. The molecule has 1 aromatic carbocycles. The van der Waals surface area contributed by atoms with Gasteiger partial charge in [-0.1, -0.05) is 40.8 Å². The van der Waals surface area contributed by atoms with Crippen LogP contribution in [0.15, 0.2) is 22.5 Å². The van der Waals surface area contributed by atoms with Crippen molar-refractivity contribution in [2.24, 2.45) is 0 Å². The minimum atomic E-state index is -0.0582. The predicted molar refractivity (Wildman–Crippen MR) is 114 cm³/mol. The van der Waals surface area contributed by atoms with Gasteiger partial charge >= 0.3 is 0 Å². The van der Waals surface area contributed by atoms with Gasteiger partial charge in [-0.05, 0) is 51.8 Å². The van der Waals surface area contributed by atoms with Crippen molar-refractivity contribution in [2.45, 2.75) is 39.0 Å². The van der Waals surface area contributed by atoms with Gasteiger partial charge in [0, 0.05) is 16.9 Å². The fourth-order valence-corrected chi connectivity index (χ4v) is 4.78. The minimum absolute atomic E-state index is 0.0378. The number of aromatic amines is 1. The fourth-order valence-electron chi connectivity index (χ4n) is 3.14. The summed E-state index contributed by atoms with van der Waals surface area (Å²) in [6.45, 7) is 9.22. The van der Waals surface area contributed by atoms with Crippen LogP contribution in [0.4, 0.5) is 10.8 Å². The first-order valence-electron chi connectivity index (χ1n) is 8.80. The van der Waals surface area contributed by atoms with E-state index in [-0.39, 0.29) is 17.3 Å². The highest BCUT2D eigenvalue weighted by Gasteiger charge is 2.20. The second kappa shape index (κ2) is 8.28. The van der Waals surface area contributed by atoms with Gasteiger partial charge in [0.15, 0.2) is 15.9 Å². The molecule has 2 heterocycles. The summed E-state index contributed by atoms with van der Waals surface area (Å²) in [5.74, 6) is 0.137. The molecule has 0 fully saturated rings. The van der Waals surface area contributed by atoms with Crippen LogP contribution in [0.25, 0.3) is 0 Å². The number of hydrogen-bond donors (Lipinski definition) is 2. The maximum Gasteiger partial charge on any atom is 0.210 e. The number of thioether (sulfide) groups is 1. The number of ketones is 2. The van der Waals surface area contributed by atoms with Crippen molar-refractivity contribution in [3.8, 4) is 0 Å². The van der Waals surface area contributed by atoms with E-state index in [0.717, 1.165) is 16.9 Å². The summed E-state index contributed by atoms with van der Waals surface area (Å²) in [6.07, 6.45) is 0. The van der Waals surface area contributed by atoms with Gasteiger partial charge < -0.3 is 10.3 Å². The molecule has 146 valence electrons. The molecule has 2 aromatic heterocycles. The lowest BCUT2D eigenvalue weighted by molar-refractivity contribution is 0.101. The number of anilines is 2. The molecule has 0 bridgehead atoms. The molecule has 0 aliphatic rings. The van der Waals surface area contributed by atoms with Crippen LogP contribution >= 0.6 is 23.1 Å². The summed E-state index contributed by atoms with van der Waals surface area (Å²) >= 11 is 2.75. The highest BCUT2D eigenvalue weighted by molar-refractivity contribution is 8.01. The van der Waals surface area contributed by atoms with E-state index in [2.05, 4.69) is 33.5 Å². The molecular weight excluding hydrogens is 392 g/mol. The Morgan fingerprint density at radius 1 is 1.18 bits per heavy atom. The molecule has 0 aliphatic heterocycles. The molecule has 2 N–H and O–H groups in total. The van der Waals surface area contributed by atoms with E-state index in [4.69, 9.17) is 0 Å². The van der Waals surface area contributed by atoms with Crippen molar-refractivity contribution in [3.05, 3.63) is 51.8 Å². The Hall–Kier alpha value is -2.45. The van der Waals surface area contributed by atoms with Crippen LogP contribution in [0.1, 0.15) is 50.2 Å². The van der Waals surface area contributed by atoms with Gasteiger partial charge in [0.1, 0.15) is 0 Å². The Labute approximate surface area is 172 Å². The summed E-state index contributed by atoms with van der Waals surface area (Å²) < 4.78 is 0.716. The fraction of sp³-hybridized carbons (Fsp3) is 0.300. The molecule has 0 atom stereocenters. The first-order chi connectivity index (χ1) is 13.3. The van der Waals surface area contributed by atoms with E-state index >= 15 is 0 Å². The number of H-pyrrole nitrogens is 1. The number of benzene rings is 1. The van der Waals surface area contributed by atoms with Crippen LogP contribution in [0.5, 0.6) is 0 Å². The zero-order valence-corrected chi connectivity index (χ0v) is 18.1. The number of nitrogens with zero attached hydrogens (tertiary/aromatic N) is 2. The number of nitrogens with one attached hydrogen (secondary N) is 2. The highest BCUT2D eigenvalue weighted by Crippen LogP contribution is 2.30. The van der Waals surface area contributed by atoms with Gasteiger partial charge in [-0.25, -0.2) is 0 Å². The normalized spacial score (nSPS) is 10.9. The Kier molecular flexibility index (Phi) is 6.00. The van der Waals surface area contributed by atoms with Crippen molar-refractivity contribution >= 4 is 45.5 Å². The van der Waals surface area contributed by atoms with Crippen LogP contribution in [0.3, 0.4) is 0 Å². The van der Waals surface area contributed by atoms with E-state index in [0.29, 0.717) is 26.3 Å². The SMILES string of the molecule is CC(=O)c1c(C)[nH]c(C(=O)CSc2nnc(Nc3ccc(C)cc3C)s2)c1C. The number of aromatic nitrogens is 3. The van der Waals surface area contributed by atoms with Gasteiger partial charge in [0.05, 0.1) is 11.4 Å². The molecule has 0 unspecified atom stereocenters. The molecule has 3 aromatic rings. The maximum atomic E-state index is 12.6. The molecule has 3 rings (SSSR count). The van der Waals surface area contributed by atoms with E-state index in [9.17, 15) is 9.59 Å². The summed E-state index contributed by atoms with van der Waals surface area (Å²) in [7, 11) is 0. The quantitative estimate of drug-likeness (QED) is 0.417. The lowest BCUT2D eigenvalue weighted by Crippen LogP contribution is -2.05. The largest absolute Gasteiger partial charge is 0.355 e. The topological polar surface area (TPSA) is 87.7 Å². The highest BCUT2D eigenvalue weighted by atomic mass is 32.2. The molecule has 0 saturated carbocycles. The minimum Gasteiger partial charge on any atom is -0.355 e. The number of carbonyl (C=O) groups is 2. The second-order valence-corrected chi connectivity index (χ2v) is 8.91. The third-order valence-corrected chi connectivity index (χ3v) is 6.40. The molecule has 0 saturated heterocycles. The van der Waals surface area contributed by atoms with Gasteiger partial charge in [-0.15, -0.1) is 10.2 Å². The molecule has 0 radical (unpaired) electrons. The number of rotatable bonds is 7. The van der Waals surface area contributed by atoms with Crippen molar-refractivity contribution in [2.75, 3.05) is 11.1 Å². The van der Waals surface area contributed by atoms with Crippen LogP contribution < -0.4 is 5.32 Å². The third kappa shape index (κ3) is 4.34. The number of aryl methyl sites for hydroxylation is 3. The summed E-state index contributed by atoms with van der Waals surface area (Å²) in [5, 5.41) is 12.3. The third-order valence-electron chi connectivity index (χ3n) is 4.43. The number of hydrogen-bond acceptors (Lipinski definition) is 7. The van der Waals surface area contributed by atoms with E-state index in [1.165, 1.54) is 35.6 Å². The van der Waals surface area contributed by atoms with Gasteiger partial charge in [0.25, 0.3) is 0 Å². The second-order valence-electron chi connectivity index (χ2n) is 6.71. The van der Waals surface area contributed by atoms with Crippen molar-refractivity contribution in [1.82, 2.24) is 15.2 Å². The van der Waals surface area contributed by atoms with Crippen LogP contribution in [0, 0.1) is 27.7 Å². The molecule has 6 nitrogen and oxygen atoms in total.